The zero-order chi connectivity index (χ0) is 15.7. The number of hydrogen-bond acceptors (Lipinski definition) is 4. The fraction of sp³-hybridized carbons (Fsp3) is 0.500. The number of rotatable bonds is 9. The molecule has 4 N–H and O–H groups in total. The van der Waals surface area contributed by atoms with Crippen molar-refractivity contribution in [1.82, 2.24) is 10.0 Å². The number of nitrogens with two attached hydrogens (primary N) is 1. The maximum Gasteiger partial charge on any atom is 0.221 e. The van der Waals surface area contributed by atoms with E-state index in [9.17, 15) is 13.2 Å². The zero-order valence-corrected chi connectivity index (χ0v) is 13.1. The lowest BCUT2D eigenvalue weighted by molar-refractivity contribution is -0.120. The summed E-state index contributed by atoms with van der Waals surface area (Å²) >= 11 is 0. The average molecular weight is 313 g/mol. The van der Waals surface area contributed by atoms with Crippen LogP contribution in [0.5, 0.6) is 0 Å². The van der Waals surface area contributed by atoms with Crippen molar-refractivity contribution >= 4 is 15.9 Å². The molecule has 0 aromatic heterocycles. The third-order valence-corrected chi connectivity index (χ3v) is 4.19. The van der Waals surface area contributed by atoms with Crippen LogP contribution >= 0.6 is 0 Å². The first-order valence-electron chi connectivity index (χ1n) is 6.98. The molecule has 0 fully saturated rings. The Kier molecular flexibility index (Phi) is 7.35. The second-order valence-electron chi connectivity index (χ2n) is 4.78. The standard InChI is InChI=1S/C14H23N3O3S/c1-2-7-16-14(18)6-8-17-21(19,20)11-13-5-3-4-12(9-13)10-15/h3-5,9,17H,2,6-8,10-11,15H2,1H3,(H,16,18). The van der Waals surface area contributed by atoms with E-state index in [4.69, 9.17) is 5.73 Å². The van der Waals surface area contributed by atoms with Crippen LogP contribution in [-0.4, -0.2) is 27.4 Å². The molecule has 0 saturated heterocycles. The number of carbonyl (C=O) groups excluding carboxylic acids is 1. The molecule has 0 radical (unpaired) electrons. The molecular weight excluding hydrogens is 290 g/mol. The van der Waals surface area contributed by atoms with Gasteiger partial charge >= 0.3 is 0 Å². The Labute approximate surface area is 126 Å². The van der Waals surface area contributed by atoms with Gasteiger partial charge in [0.1, 0.15) is 0 Å². The number of benzene rings is 1. The predicted octanol–water partition coefficient (Wildman–Crippen LogP) is 0.481. The summed E-state index contributed by atoms with van der Waals surface area (Å²) < 4.78 is 26.3. The van der Waals surface area contributed by atoms with E-state index in [-0.39, 0.29) is 24.6 Å². The summed E-state index contributed by atoms with van der Waals surface area (Å²) in [5.41, 5.74) is 7.10. The van der Waals surface area contributed by atoms with Gasteiger partial charge in [-0.05, 0) is 17.5 Å². The summed E-state index contributed by atoms with van der Waals surface area (Å²) in [6.07, 6.45) is 0.997. The van der Waals surface area contributed by atoms with Gasteiger partial charge in [0.25, 0.3) is 0 Å². The van der Waals surface area contributed by atoms with Gasteiger partial charge in [-0.15, -0.1) is 0 Å². The number of sulfonamides is 1. The predicted molar refractivity (Wildman–Crippen MR) is 82.9 cm³/mol. The van der Waals surface area contributed by atoms with Crippen molar-refractivity contribution in [2.75, 3.05) is 13.1 Å². The number of carbonyl (C=O) groups is 1. The molecule has 0 aliphatic rings. The molecule has 1 aromatic carbocycles. The summed E-state index contributed by atoms with van der Waals surface area (Å²) in [6, 6.07) is 7.15. The highest BCUT2D eigenvalue weighted by molar-refractivity contribution is 7.88. The Morgan fingerprint density at radius 1 is 1.24 bits per heavy atom. The molecular formula is C14H23N3O3S. The van der Waals surface area contributed by atoms with Crippen LogP contribution in [0, 0.1) is 0 Å². The monoisotopic (exact) mass is 313 g/mol. The van der Waals surface area contributed by atoms with E-state index in [0.717, 1.165) is 12.0 Å². The summed E-state index contributed by atoms with van der Waals surface area (Å²) in [5.74, 6) is -0.262. The molecule has 21 heavy (non-hydrogen) atoms. The largest absolute Gasteiger partial charge is 0.356 e. The molecule has 7 heteroatoms. The quantitative estimate of drug-likeness (QED) is 0.617. The molecule has 1 amide bonds. The number of amides is 1. The van der Waals surface area contributed by atoms with E-state index in [2.05, 4.69) is 10.0 Å². The summed E-state index contributed by atoms with van der Waals surface area (Å²) in [7, 11) is -3.45. The van der Waals surface area contributed by atoms with Gasteiger partial charge in [-0.2, -0.15) is 0 Å². The van der Waals surface area contributed by atoms with E-state index < -0.39 is 10.0 Å². The van der Waals surface area contributed by atoms with Gasteiger partial charge in [0.05, 0.1) is 5.75 Å². The highest BCUT2D eigenvalue weighted by atomic mass is 32.2. The molecule has 118 valence electrons. The molecule has 1 aromatic rings. The molecule has 0 saturated carbocycles. The van der Waals surface area contributed by atoms with E-state index >= 15 is 0 Å². The zero-order valence-electron chi connectivity index (χ0n) is 12.3. The second kappa shape index (κ2) is 8.76. The lowest BCUT2D eigenvalue weighted by Crippen LogP contribution is -2.31. The van der Waals surface area contributed by atoms with Crippen LogP contribution in [0.15, 0.2) is 24.3 Å². The SMILES string of the molecule is CCCNC(=O)CCNS(=O)(=O)Cc1cccc(CN)c1. The lowest BCUT2D eigenvalue weighted by atomic mass is 10.1. The normalized spacial score (nSPS) is 11.3. The van der Waals surface area contributed by atoms with Crippen molar-refractivity contribution in [3.05, 3.63) is 35.4 Å². The van der Waals surface area contributed by atoms with Crippen molar-refractivity contribution in [1.29, 1.82) is 0 Å². The van der Waals surface area contributed by atoms with Gasteiger partial charge in [-0.1, -0.05) is 31.2 Å². The van der Waals surface area contributed by atoms with Gasteiger partial charge < -0.3 is 11.1 Å². The first-order chi connectivity index (χ1) is 9.96. The topological polar surface area (TPSA) is 101 Å². The van der Waals surface area contributed by atoms with E-state index in [1.807, 2.05) is 13.0 Å². The van der Waals surface area contributed by atoms with Crippen LogP contribution < -0.4 is 15.8 Å². The first-order valence-corrected chi connectivity index (χ1v) is 8.64. The molecule has 0 bridgehead atoms. The molecule has 1 rings (SSSR count). The smallest absolute Gasteiger partial charge is 0.221 e. The van der Waals surface area contributed by atoms with E-state index in [1.165, 1.54) is 0 Å². The fourth-order valence-corrected chi connectivity index (χ4v) is 2.92. The third kappa shape index (κ3) is 7.22. The van der Waals surface area contributed by atoms with Crippen LogP contribution in [0.1, 0.15) is 30.9 Å². The molecule has 0 unspecified atom stereocenters. The van der Waals surface area contributed by atoms with Gasteiger partial charge in [-0.3, -0.25) is 4.79 Å². The van der Waals surface area contributed by atoms with Gasteiger partial charge in [0.15, 0.2) is 0 Å². The van der Waals surface area contributed by atoms with Crippen LogP contribution in [-0.2, 0) is 27.1 Å². The van der Waals surface area contributed by atoms with Crippen molar-refractivity contribution in [2.45, 2.75) is 32.1 Å². The minimum atomic E-state index is -3.45. The summed E-state index contributed by atoms with van der Waals surface area (Å²) in [4.78, 5) is 11.4. The Morgan fingerprint density at radius 3 is 2.62 bits per heavy atom. The Balaban J connectivity index is 2.44. The highest BCUT2D eigenvalue weighted by Gasteiger charge is 2.12. The van der Waals surface area contributed by atoms with Crippen LogP contribution in [0.4, 0.5) is 0 Å². The van der Waals surface area contributed by atoms with E-state index in [0.29, 0.717) is 18.7 Å². The molecule has 0 aliphatic carbocycles. The van der Waals surface area contributed by atoms with Gasteiger partial charge in [-0.25, -0.2) is 13.1 Å². The molecule has 0 aliphatic heterocycles. The minimum absolute atomic E-state index is 0.106. The fourth-order valence-electron chi connectivity index (χ4n) is 1.79. The van der Waals surface area contributed by atoms with Gasteiger partial charge in [0, 0.05) is 26.1 Å². The van der Waals surface area contributed by atoms with Crippen molar-refractivity contribution < 1.29 is 13.2 Å². The molecule has 0 heterocycles. The third-order valence-electron chi connectivity index (χ3n) is 2.83. The maximum atomic E-state index is 11.9. The van der Waals surface area contributed by atoms with Gasteiger partial charge in [0.2, 0.25) is 15.9 Å². The molecule has 6 nitrogen and oxygen atoms in total. The number of hydrogen-bond donors (Lipinski definition) is 3. The summed E-state index contributed by atoms with van der Waals surface area (Å²) in [5, 5.41) is 2.70. The minimum Gasteiger partial charge on any atom is -0.356 e. The molecule has 0 spiro atoms. The Bertz CT molecular complexity index is 558. The van der Waals surface area contributed by atoms with E-state index in [1.54, 1.807) is 18.2 Å². The second-order valence-corrected chi connectivity index (χ2v) is 6.58. The van der Waals surface area contributed by atoms with Crippen molar-refractivity contribution in [3.63, 3.8) is 0 Å². The highest BCUT2D eigenvalue weighted by Crippen LogP contribution is 2.08. The lowest BCUT2D eigenvalue weighted by Gasteiger charge is -2.08. The maximum absolute atomic E-state index is 11.9. The Morgan fingerprint density at radius 2 is 1.95 bits per heavy atom. The van der Waals surface area contributed by atoms with Crippen molar-refractivity contribution in [2.24, 2.45) is 5.73 Å². The van der Waals surface area contributed by atoms with Crippen molar-refractivity contribution in [3.8, 4) is 0 Å². The Hall–Kier alpha value is -1.44. The van der Waals surface area contributed by atoms with Crippen LogP contribution in [0.3, 0.4) is 0 Å². The van der Waals surface area contributed by atoms with Crippen LogP contribution in [0.2, 0.25) is 0 Å². The average Bonchev–Trinajstić information content (AvgIpc) is 2.44. The number of nitrogens with one attached hydrogen (secondary N) is 2. The summed E-state index contributed by atoms with van der Waals surface area (Å²) in [6.45, 7) is 3.04. The van der Waals surface area contributed by atoms with Crippen LogP contribution in [0.25, 0.3) is 0 Å². The first kappa shape index (κ1) is 17.6. The molecule has 0 atom stereocenters.